The molecule has 4 atom stereocenters. The number of hydrogen-bond acceptors (Lipinski definition) is 6. The zero-order chi connectivity index (χ0) is 24.8. The molecule has 0 aromatic carbocycles. The average molecular weight is 489 g/mol. The van der Waals surface area contributed by atoms with E-state index in [2.05, 4.69) is 56.6 Å². The van der Waals surface area contributed by atoms with Crippen molar-refractivity contribution in [1.82, 2.24) is 34.6 Å². The van der Waals surface area contributed by atoms with Crippen LogP contribution in [0.25, 0.3) is 11.5 Å². The highest BCUT2D eigenvalue weighted by atomic mass is 16.2. The van der Waals surface area contributed by atoms with E-state index >= 15 is 0 Å². The molecule has 0 spiro atoms. The Hall–Kier alpha value is -3.07. The van der Waals surface area contributed by atoms with E-state index in [0.29, 0.717) is 30.4 Å². The van der Waals surface area contributed by atoms with Gasteiger partial charge in [-0.2, -0.15) is 0 Å². The maximum absolute atomic E-state index is 13.8. The van der Waals surface area contributed by atoms with Crippen LogP contribution in [0.1, 0.15) is 83.0 Å². The number of fused-ring (bicyclic) bond motifs is 1. The molecular formula is C27H36N8O. The summed E-state index contributed by atoms with van der Waals surface area (Å²) in [5, 5.41) is 12.2. The number of pyridine rings is 1. The molecule has 2 saturated carbocycles. The summed E-state index contributed by atoms with van der Waals surface area (Å²) in [4.78, 5) is 25.2. The van der Waals surface area contributed by atoms with Crippen molar-refractivity contribution in [1.29, 1.82) is 0 Å². The normalized spacial score (nSPS) is 26.4. The van der Waals surface area contributed by atoms with Gasteiger partial charge in [0.2, 0.25) is 5.91 Å². The van der Waals surface area contributed by atoms with Crippen molar-refractivity contribution in [2.75, 3.05) is 11.6 Å². The number of nitrogens with one attached hydrogen (secondary N) is 1. The second-order valence-corrected chi connectivity index (χ2v) is 10.8. The fraction of sp³-hybridized carbons (Fsp3) is 0.593. The summed E-state index contributed by atoms with van der Waals surface area (Å²) in [6, 6.07) is 6.64. The molecule has 3 aromatic rings. The Labute approximate surface area is 212 Å². The lowest BCUT2D eigenvalue weighted by atomic mass is 9.74. The second-order valence-electron chi connectivity index (χ2n) is 10.8. The van der Waals surface area contributed by atoms with Gasteiger partial charge in [0.25, 0.3) is 0 Å². The van der Waals surface area contributed by atoms with Gasteiger partial charge in [-0.15, -0.1) is 10.2 Å². The van der Waals surface area contributed by atoms with Gasteiger partial charge < -0.3 is 9.13 Å². The number of amides is 1. The van der Waals surface area contributed by atoms with Crippen LogP contribution in [0.3, 0.4) is 0 Å². The summed E-state index contributed by atoms with van der Waals surface area (Å²) in [7, 11) is 0. The minimum absolute atomic E-state index is 0.0783. The standard InChI is InChI=1S/C27H36N8O/c1-4-19(5-2)34-16-30-32-26(34)21-7-6-8-25(31-21)35-15-29-22-11-17(3)24(12-20(22)27(35)36)33-13-23(28-14-33)18-9-10-18/h6-8,13-14,16-20,22,24,29H,4-5,9-12,15H2,1-3H3. The number of nitrogens with zero attached hydrogens (tertiary/aromatic N) is 7. The average Bonchev–Trinajstić information content (AvgIpc) is 3.42. The summed E-state index contributed by atoms with van der Waals surface area (Å²) >= 11 is 0. The molecule has 0 bridgehead atoms. The van der Waals surface area contributed by atoms with Crippen LogP contribution in [0.2, 0.25) is 0 Å². The molecule has 4 heterocycles. The number of carbonyl (C=O) groups excluding carboxylic acids is 1. The van der Waals surface area contributed by atoms with Crippen LogP contribution in [0.5, 0.6) is 0 Å². The lowest BCUT2D eigenvalue weighted by Gasteiger charge is -2.45. The van der Waals surface area contributed by atoms with E-state index in [9.17, 15) is 4.79 Å². The third-order valence-corrected chi connectivity index (χ3v) is 8.51. The maximum Gasteiger partial charge on any atom is 0.234 e. The topological polar surface area (TPSA) is 93.8 Å². The van der Waals surface area contributed by atoms with Crippen molar-refractivity contribution in [2.24, 2.45) is 11.8 Å². The first-order valence-electron chi connectivity index (χ1n) is 13.5. The van der Waals surface area contributed by atoms with Crippen molar-refractivity contribution in [3.8, 4) is 11.5 Å². The molecule has 3 aliphatic rings. The van der Waals surface area contributed by atoms with Crippen LogP contribution in [0, 0.1) is 11.8 Å². The molecule has 9 nitrogen and oxygen atoms in total. The third kappa shape index (κ3) is 4.13. The molecule has 3 fully saturated rings. The van der Waals surface area contributed by atoms with Gasteiger partial charge >= 0.3 is 0 Å². The zero-order valence-corrected chi connectivity index (χ0v) is 21.4. The van der Waals surface area contributed by atoms with E-state index in [-0.39, 0.29) is 23.9 Å². The first-order chi connectivity index (χ1) is 17.6. The number of carbonyl (C=O) groups is 1. The highest BCUT2D eigenvalue weighted by Crippen LogP contribution is 2.43. The lowest BCUT2D eigenvalue weighted by molar-refractivity contribution is -0.127. The predicted octanol–water partition coefficient (Wildman–Crippen LogP) is 4.32. The highest BCUT2D eigenvalue weighted by molar-refractivity contribution is 5.95. The van der Waals surface area contributed by atoms with Gasteiger partial charge in [0.1, 0.15) is 17.8 Å². The van der Waals surface area contributed by atoms with Gasteiger partial charge in [0, 0.05) is 30.2 Å². The SMILES string of the molecule is CCC(CC)n1cnnc1-c1cccc(N2CNC3CC(C)C(n4cnc(C5CC5)c4)CC3C2=O)n1. The smallest absolute Gasteiger partial charge is 0.234 e. The Morgan fingerprint density at radius 1 is 1.14 bits per heavy atom. The van der Waals surface area contributed by atoms with Gasteiger partial charge in [0.15, 0.2) is 5.82 Å². The van der Waals surface area contributed by atoms with Gasteiger partial charge in [-0.05, 0) is 56.6 Å². The molecule has 1 amide bonds. The first-order valence-corrected chi connectivity index (χ1v) is 13.5. The van der Waals surface area contributed by atoms with Gasteiger partial charge in [-0.1, -0.05) is 26.8 Å². The monoisotopic (exact) mass is 488 g/mol. The molecule has 1 aliphatic heterocycles. The predicted molar refractivity (Wildman–Crippen MR) is 137 cm³/mol. The number of hydrogen-bond donors (Lipinski definition) is 1. The van der Waals surface area contributed by atoms with E-state index < -0.39 is 0 Å². The van der Waals surface area contributed by atoms with E-state index in [4.69, 9.17) is 4.98 Å². The molecule has 1 N–H and O–H groups in total. The van der Waals surface area contributed by atoms with Crippen LogP contribution in [-0.4, -0.2) is 47.9 Å². The Balaban J connectivity index is 1.24. The molecule has 4 unspecified atom stereocenters. The summed E-state index contributed by atoms with van der Waals surface area (Å²) in [6.07, 6.45) is 12.3. The molecule has 0 radical (unpaired) electrons. The minimum Gasteiger partial charge on any atom is -0.334 e. The summed E-state index contributed by atoms with van der Waals surface area (Å²) in [6.45, 7) is 7.12. The quantitative estimate of drug-likeness (QED) is 0.532. The van der Waals surface area contributed by atoms with Gasteiger partial charge in [-0.3, -0.25) is 15.0 Å². The Morgan fingerprint density at radius 2 is 1.97 bits per heavy atom. The minimum atomic E-state index is -0.0783. The van der Waals surface area contributed by atoms with Gasteiger partial charge in [0.05, 0.1) is 24.6 Å². The molecule has 1 saturated heterocycles. The summed E-state index contributed by atoms with van der Waals surface area (Å²) in [5.74, 6) is 2.61. The van der Waals surface area contributed by atoms with Crippen molar-refractivity contribution in [3.63, 3.8) is 0 Å². The molecule has 6 rings (SSSR count). The number of rotatable bonds is 7. The lowest BCUT2D eigenvalue weighted by Crippen LogP contribution is -2.60. The first kappa shape index (κ1) is 23.3. The zero-order valence-electron chi connectivity index (χ0n) is 21.4. The second kappa shape index (κ2) is 9.42. The Kier molecular flexibility index (Phi) is 6.11. The van der Waals surface area contributed by atoms with Crippen LogP contribution in [0.15, 0.2) is 37.1 Å². The van der Waals surface area contributed by atoms with Crippen molar-refractivity contribution in [3.05, 3.63) is 42.7 Å². The molecule has 9 heteroatoms. The van der Waals surface area contributed by atoms with Crippen LogP contribution in [-0.2, 0) is 4.79 Å². The molecule has 2 aliphatic carbocycles. The van der Waals surface area contributed by atoms with E-state index in [1.54, 1.807) is 11.2 Å². The fourth-order valence-corrected chi connectivity index (χ4v) is 6.17. The Bertz CT molecular complexity index is 1230. The Morgan fingerprint density at radius 3 is 2.75 bits per heavy atom. The molecule has 190 valence electrons. The van der Waals surface area contributed by atoms with E-state index in [1.807, 2.05) is 24.5 Å². The van der Waals surface area contributed by atoms with E-state index in [0.717, 1.165) is 37.2 Å². The highest BCUT2D eigenvalue weighted by Gasteiger charge is 2.44. The van der Waals surface area contributed by atoms with Crippen LogP contribution < -0.4 is 10.2 Å². The van der Waals surface area contributed by atoms with Crippen molar-refractivity contribution in [2.45, 2.75) is 83.3 Å². The molecule has 3 aromatic heterocycles. The number of anilines is 1. The number of imidazole rings is 1. The molecular weight excluding hydrogens is 452 g/mol. The van der Waals surface area contributed by atoms with E-state index in [1.165, 1.54) is 18.5 Å². The van der Waals surface area contributed by atoms with Gasteiger partial charge in [-0.25, -0.2) is 9.97 Å². The fourth-order valence-electron chi connectivity index (χ4n) is 6.17. The third-order valence-electron chi connectivity index (χ3n) is 8.51. The molecule has 36 heavy (non-hydrogen) atoms. The summed E-state index contributed by atoms with van der Waals surface area (Å²) < 4.78 is 4.37. The maximum atomic E-state index is 13.8. The summed E-state index contributed by atoms with van der Waals surface area (Å²) in [5.41, 5.74) is 1.95. The van der Waals surface area contributed by atoms with Crippen molar-refractivity contribution >= 4 is 11.7 Å². The number of aromatic nitrogens is 6. The van der Waals surface area contributed by atoms with Crippen LogP contribution >= 0.6 is 0 Å². The van der Waals surface area contributed by atoms with Crippen LogP contribution in [0.4, 0.5) is 5.82 Å². The van der Waals surface area contributed by atoms with Crippen molar-refractivity contribution < 1.29 is 4.79 Å². The largest absolute Gasteiger partial charge is 0.334 e.